The molecule has 0 aliphatic carbocycles. The minimum atomic E-state index is -0.578. The summed E-state index contributed by atoms with van der Waals surface area (Å²) in [4.78, 5) is 26.4. The zero-order valence-electron chi connectivity index (χ0n) is 16.4. The van der Waals surface area contributed by atoms with Crippen LogP contribution >= 0.6 is 0 Å². The fourth-order valence-corrected chi connectivity index (χ4v) is 3.69. The second kappa shape index (κ2) is 8.03. The normalized spacial score (nSPS) is 13.5. The number of nitriles is 1. The molecule has 0 radical (unpaired) electrons. The summed E-state index contributed by atoms with van der Waals surface area (Å²) in [5, 5.41) is 13.4. The predicted octanol–water partition coefficient (Wildman–Crippen LogP) is 3.01. The van der Waals surface area contributed by atoms with Crippen molar-refractivity contribution in [2.45, 2.75) is 12.6 Å². The molecular weight excluding hydrogens is 402 g/mol. The van der Waals surface area contributed by atoms with E-state index < -0.39 is 17.2 Å². The van der Waals surface area contributed by atoms with Crippen LogP contribution in [0.15, 0.2) is 59.9 Å². The lowest BCUT2D eigenvalue weighted by Gasteiger charge is -2.39. The molecule has 0 atom stereocenters. The van der Waals surface area contributed by atoms with Crippen molar-refractivity contribution in [3.8, 4) is 6.07 Å². The molecule has 3 aromatic rings. The average Bonchev–Trinajstić information content (AvgIpc) is 2.73. The van der Waals surface area contributed by atoms with E-state index in [-0.39, 0.29) is 24.1 Å². The first kappa shape index (κ1) is 20.3. The average molecular weight is 420 g/mol. The molecule has 8 heteroatoms. The van der Waals surface area contributed by atoms with E-state index >= 15 is 0 Å². The lowest BCUT2D eigenvalue weighted by molar-refractivity contribution is -0.129. The van der Waals surface area contributed by atoms with Gasteiger partial charge in [-0.3, -0.25) is 9.59 Å². The van der Waals surface area contributed by atoms with E-state index in [1.54, 1.807) is 4.90 Å². The van der Waals surface area contributed by atoms with Crippen molar-refractivity contribution in [2.75, 3.05) is 18.4 Å². The molecule has 1 saturated heterocycles. The minimum absolute atomic E-state index is 0.0546. The molecular formula is C23H18F2N4O2. The maximum atomic E-state index is 14.1. The van der Waals surface area contributed by atoms with Crippen LogP contribution in [0.25, 0.3) is 10.9 Å². The van der Waals surface area contributed by atoms with Crippen LogP contribution in [0.2, 0.25) is 0 Å². The van der Waals surface area contributed by atoms with Crippen LogP contribution in [0.4, 0.5) is 14.5 Å². The van der Waals surface area contributed by atoms with Gasteiger partial charge in [0.2, 0.25) is 5.91 Å². The second-order valence-corrected chi connectivity index (χ2v) is 7.33. The monoisotopic (exact) mass is 420 g/mol. The maximum Gasteiger partial charge on any atom is 0.271 e. The van der Waals surface area contributed by atoms with Gasteiger partial charge in [0.05, 0.1) is 23.8 Å². The van der Waals surface area contributed by atoms with Gasteiger partial charge < -0.3 is 14.8 Å². The molecule has 31 heavy (non-hydrogen) atoms. The van der Waals surface area contributed by atoms with Crippen LogP contribution < -0.4 is 10.9 Å². The van der Waals surface area contributed by atoms with Gasteiger partial charge in [-0.1, -0.05) is 18.7 Å². The quantitative estimate of drug-likeness (QED) is 0.644. The third-order valence-electron chi connectivity index (χ3n) is 5.31. The maximum absolute atomic E-state index is 14.1. The predicted molar refractivity (Wildman–Crippen MR) is 113 cm³/mol. The number of fused-ring (bicyclic) bond motifs is 1. The molecule has 0 bridgehead atoms. The van der Waals surface area contributed by atoms with E-state index in [4.69, 9.17) is 0 Å². The Kier molecular flexibility index (Phi) is 5.26. The first-order valence-electron chi connectivity index (χ1n) is 9.59. The molecule has 1 aliphatic heterocycles. The molecule has 2 aromatic carbocycles. The van der Waals surface area contributed by atoms with Gasteiger partial charge in [-0.05, 0) is 42.0 Å². The van der Waals surface area contributed by atoms with Crippen molar-refractivity contribution >= 4 is 22.5 Å². The molecule has 1 amide bonds. The number of carbonyl (C=O) groups is 1. The van der Waals surface area contributed by atoms with Crippen LogP contribution in [-0.2, 0) is 11.3 Å². The molecule has 1 aliphatic rings. The third-order valence-corrected chi connectivity index (χ3v) is 5.31. The smallest absolute Gasteiger partial charge is 0.271 e. The largest absolute Gasteiger partial charge is 0.377 e. The Morgan fingerprint density at radius 3 is 2.52 bits per heavy atom. The van der Waals surface area contributed by atoms with E-state index in [2.05, 4.69) is 11.9 Å². The molecule has 0 spiro atoms. The number of hydrogen-bond acceptors (Lipinski definition) is 4. The van der Waals surface area contributed by atoms with Crippen LogP contribution in [0, 0.1) is 23.0 Å². The molecule has 1 N–H and O–H groups in total. The summed E-state index contributed by atoms with van der Waals surface area (Å²) in [7, 11) is 0. The van der Waals surface area contributed by atoms with Crippen molar-refractivity contribution < 1.29 is 13.6 Å². The first-order chi connectivity index (χ1) is 14.9. The van der Waals surface area contributed by atoms with E-state index in [1.165, 1.54) is 53.1 Å². The number of likely N-dealkylation sites (tertiary alicyclic amines) is 1. The number of amides is 1. The van der Waals surface area contributed by atoms with Gasteiger partial charge >= 0.3 is 0 Å². The van der Waals surface area contributed by atoms with Gasteiger partial charge in [-0.2, -0.15) is 5.26 Å². The summed E-state index contributed by atoms with van der Waals surface area (Å²) >= 11 is 0. The Morgan fingerprint density at radius 1 is 1.19 bits per heavy atom. The van der Waals surface area contributed by atoms with Crippen LogP contribution in [0.1, 0.15) is 11.1 Å². The summed E-state index contributed by atoms with van der Waals surface area (Å²) in [6.45, 7) is 4.31. The van der Waals surface area contributed by atoms with Gasteiger partial charge in [0, 0.05) is 18.5 Å². The molecule has 2 heterocycles. The SMILES string of the molecule is C=CC(=O)N1CC(Nc2c(C#N)c(=O)n(Cc3ccc(F)cc3)c3cc(F)ccc23)C1. The highest BCUT2D eigenvalue weighted by Gasteiger charge is 2.31. The molecule has 1 fully saturated rings. The highest BCUT2D eigenvalue weighted by molar-refractivity contribution is 5.95. The van der Waals surface area contributed by atoms with E-state index in [1.807, 2.05) is 6.07 Å². The number of halogens is 2. The number of aromatic nitrogens is 1. The Labute approximate surface area is 176 Å². The Hall–Kier alpha value is -3.99. The Balaban J connectivity index is 1.78. The lowest BCUT2D eigenvalue weighted by Crippen LogP contribution is -2.56. The van der Waals surface area contributed by atoms with E-state index in [9.17, 15) is 23.6 Å². The zero-order valence-corrected chi connectivity index (χ0v) is 16.4. The highest BCUT2D eigenvalue weighted by Crippen LogP contribution is 2.28. The van der Waals surface area contributed by atoms with Crippen LogP contribution in [0.3, 0.4) is 0 Å². The Morgan fingerprint density at radius 2 is 1.87 bits per heavy atom. The summed E-state index contributed by atoms with van der Waals surface area (Å²) in [5.41, 5.74) is 0.583. The van der Waals surface area contributed by atoms with Crippen LogP contribution in [-0.4, -0.2) is 34.5 Å². The summed E-state index contributed by atoms with van der Waals surface area (Å²) in [6.07, 6.45) is 1.23. The number of nitrogens with zero attached hydrogens (tertiary/aromatic N) is 3. The van der Waals surface area contributed by atoms with Crippen molar-refractivity contribution in [1.82, 2.24) is 9.47 Å². The molecule has 0 unspecified atom stereocenters. The molecule has 0 saturated carbocycles. The number of carbonyl (C=O) groups excluding carboxylic acids is 1. The van der Waals surface area contributed by atoms with E-state index in [0.717, 1.165) is 0 Å². The first-order valence-corrected chi connectivity index (χ1v) is 9.59. The Bertz CT molecular complexity index is 1290. The fourth-order valence-electron chi connectivity index (χ4n) is 3.69. The second-order valence-electron chi connectivity index (χ2n) is 7.33. The van der Waals surface area contributed by atoms with Crippen molar-refractivity contribution in [3.05, 3.63) is 88.2 Å². The number of pyridine rings is 1. The molecule has 4 rings (SSSR count). The summed E-state index contributed by atoms with van der Waals surface area (Å²) in [6, 6.07) is 11.4. The summed E-state index contributed by atoms with van der Waals surface area (Å²) < 4.78 is 28.6. The lowest BCUT2D eigenvalue weighted by atomic mass is 10.0. The highest BCUT2D eigenvalue weighted by atomic mass is 19.1. The van der Waals surface area contributed by atoms with Gasteiger partial charge in [0.15, 0.2) is 0 Å². The minimum Gasteiger partial charge on any atom is -0.377 e. The molecule has 1 aromatic heterocycles. The number of rotatable bonds is 5. The van der Waals surface area contributed by atoms with Gasteiger partial charge in [0.25, 0.3) is 5.56 Å². The number of nitrogens with one attached hydrogen (secondary N) is 1. The van der Waals surface area contributed by atoms with Crippen LogP contribution in [0.5, 0.6) is 0 Å². The molecule has 156 valence electrons. The van der Waals surface area contributed by atoms with Crippen molar-refractivity contribution in [2.24, 2.45) is 0 Å². The molecule has 6 nitrogen and oxygen atoms in total. The number of benzene rings is 2. The van der Waals surface area contributed by atoms with Crippen molar-refractivity contribution in [3.63, 3.8) is 0 Å². The van der Waals surface area contributed by atoms with Crippen molar-refractivity contribution in [1.29, 1.82) is 5.26 Å². The third kappa shape index (κ3) is 3.78. The topological polar surface area (TPSA) is 78.1 Å². The number of anilines is 1. The van der Waals surface area contributed by atoms with E-state index in [0.29, 0.717) is 35.2 Å². The fraction of sp³-hybridized carbons (Fsp3) is 0.174. The van der Waals surface area contributed by atoms with Gasteiger partial charge in [-0.15, -0.1) is 0 Å². The van der Waals surface area contributed by atoms with Gasteiger partial charge in [-0.25, -0.2) is 8.78 Å². The number of hydrogen-bond donors (Lipinski definition) is 1. The van der Waals surface area contributed by atoms with Gasteiger partial charge in [0.1, 0.15) is 23.3 Å². The standard InChI is InChI=1S/C23H18F2N4O2/c1-2-21(30)28-12-17(13-28)27-22-18-8-7-16(25)9-20(18)29(23(31)19(22)10-26)11-14-3-5-15(24)6-4-14/h2-9,17,27H,1,11-13H2. The zero-order chi connectivity index (χ0) is 22.1. The summed E-state index contributed by atoms with van der Waals surface area (Å²) in [5.74, 6) is -1.13.